The third-order valence-corrected chi connectivity index (χ3v) is 1.09. The average molecular weight is 130 g/mol. The molecule has 0 atom stereocenters. The van der Waals surface area contributed by atoms with Crippen molar-refractivity contribution >= 4 is 5.84 Å². The van der Waals surface area contributed by atoms with Crippen LogP contribution in [-0.2, 0) is 0 Å². The van der Waals surface area contributed by atoms with Crippen LogP contribution in [0.25, 0.3) is 0 Å². The van der Waals surface area contributed by atoms with Gasteiger partial charge in [0.1, 0.15) is 13.1 Å². The topological polar surface area (TPSA) is 69.1 Å². The summed E-state index contributed by atoms with van der Waals surface area (Å²) in [6.07, 6.45) is 0. The first-order valence-electron chi connectivity index (χ1n) is 2.74. The van der Waals surface area contributed by atoms with Crippen LogP contribution in [-0.4, -0.2) is 30.4 Å². The van der Waals surface area contributed by atoms with Gasteiger partial charge in [0.05, 0.1) is 0 Å². The maximum Gasteiger partial charge on any atom is 0.315 e. The van der Waals surface area contributed by atoms with Gasteiger partial charge in [-0.05, 0) is 0 Å². The van der Waals surface area contributed by atoms with E-state index in [0.717, 1.165) is 13.1 Å². The van der Waals surface area contributed by atoms with Crippen LogP contribution in [0.3, 0.4) is 0 Å². The van der Waals surface area contributed by atoms with Crippen molar-refractivity contribution in [2.24, 2.45) is 0 Å². The molecule has 5 heteroatoms. The molecule has 0 bridgehead atoms. The van der Waals surface area contributed by atoms with Crippen molar-refractivity contribution in [2.45, 2.75) is 0 Å². The summed E-state index contributed by atoms with van der Waals surface area (Å²) in [7, 11) is 0. The fraction of sp³-hybridized carbons (Fsp3) is 0.750. The highest BCUT2D eigenvalue weighted by Crippen LogP contribution is 1.68. The van der Waals surface area contributed by atoms with Gasteiger partial charge < -0.3 is 0 Å². The van der Waals surface area contributed by atoms with Crippen molar-refractivity contribution in [1.29, 1.82) is 0 Å². The second kappa shape index (κ2) is 2.43. The number of nitrogens with zero attached hydrogens (tertiary/aromatic N) is 1. The summed E-state index contributed by atoms with van der Waals surface area (Å²) in [5, 5.41) is 12.7. The lowest BCUT2D eigenvalue weighted by molar-refractivity contribution is -0.491. The van der Waals surface area contributed by atoms with Crippen molar-refractivity contribution in [3.63, 3.8) is 0 Å². The van der Waals surface area contributed by atoms with Gasteiger partial charge in [0.15, 0.2) is 0 Å². The first-order valence-corrected chi connectivity index (χ1v) is 2.74. The molecule has 1 heterocycles. The van der Waals surface area contributed by atoms with Crippen molar-refractivity contribution in [1.82, 2.24) is 5.32 Å². The smallest absolute Gasteiger partial charge is 0.269 e. The molecule has 0 saturated carbocycles. The molecule has 1 aliphatic heterocycles. The highest BCUT2D eigenvalue weighted by Gasteiger charge is 2.17. The van der Waals surface area contributed by atoms with Crippen molar-refractivity contribution in [3.8, 4) is 0 Å². The highest BCUT2D eigenvalue weighted by molar-refractivity contribution is 5.78. The molecule has 0 aromatic carbocycles. The molecule has 50 valence electrons. The van der Waals surface area contributed by atoms with Gasteiger partial charge in [-0.2, -0.15) is 0 Å². The van der Waals surface area contributed by atoms with Crippen LogP contribution in [0.2, 0.25) is 0 Å². The van der Waals surface area contributed by atoms with Crippen LogP contribution in [0.1, 0.15) is 0 Å². The van der Waals surface area contributed by atoms with Gasteiger partial charge in [0.2, 0.25) is 0 Å². The lowest BCUT2D eigenvalue weighted by atomic mass is 10.6. The van der Waals surface area contributed by atoms with E-state index in [4.69, 9.17) is 0 Å². The molecule has 0 aromatic heterocycles. The summed E-state index contributed by atoms with van der Waals surface area (Å²) in [6.45, 7) is 1.48. The molecule has 2 N–H and O–H groups in total. The van der Waals surface area contributed by atoms with Crippen LogP contribution < -0.4 is 10.3 Å². The Kier molecular flexibility index (Phi) is 1.62. The number of amidine groups is 1. The van der Waals surface area contributed by atoms with E-state index in [2.05, 4.69) is 10.3 Å². The Labute approximate surface area is 51.9 Å². The fourth-order valence-corrected chi connectivity index (χ4v) is 0.730. The molecule has 5 nitrogen and oxygen atoms in total. The van der Waals surface area contributed by atoms with Gasteiger partial charge in [0.25, 0.3) is 0 Å². The molecule has 1 rings (SSSR count). The normalized spacial score (nSPS) is 16.7. The predicted octanol–water partition coefficient (Wildman–Crippen LogP) is -2.65. The molecule has 0 amide bonds. The number of hydrogen-bond acceptors (Lipinski definition) is 3. The molecule has 0 spiro atoms. The predicted molar refractivity (Wildman–Crippen MR) is 30.7 cm³/mol. The largest absolute Gasteiger partial charge is 0.315 e. The molecule has 1 aliphatic rings. The molecular weight excluding hydrogens is 122 g/mol. The Morgan fingerprint density at radius 1 is 1.89 bits per heavy atom. The number of nitro groups is 1. The molecule has 0 fully saturated rings. The van der Waals surface area contributed by atoms with Gasteiger partial charge in [-0.1, -0.05) is 0 Å². The first kappa shape index (κ1) is 6.00. The van der Waals surface area contributed by atoms with Crippen molar-refractivity contribution < 1.29 is 9.92 Å². The zero-order chi connectivity index (χ0) is 6.69. The highest BCUT2D eigenvalue weighted by atomic mass is 16.6. The summed E-state index contributed by atoms with van der Waals surface area (Å²) in [4.78, 5) is 12.4. The van der Waals surface area contributed by atoms with E-state index in [0.29, 0.717) is 5.84 Å². The van der Waals surface area contributed by atoms with Gasteiger partial charge in [-0.15, -0.1) is 0 Å². The lowest BCUT2D eigenvalue weighted by Crippen LogP contribution is -2.71. The van der Waals surface area contributed by atoms with Crippen LogP contribution in [0, 0.1) is 10.1 Å². The van der Waals surface area contributed by atoms with Crippen LogP contribution in [0.4, 0.5) is 0 Å². The standard InChI is InChI=1S/C4H7N3O2/c8-7(9)3-4-5-1-2-6-4/h1-3H2,(H,5,6)/p+1. The zero-order valence-corrected chi connectivity index (χ0v) is 4.89. The van der Waals surface area contributed by atoms with Crippen molar-refractivity contribution in [2.75, 3.05) is 19.6 Å². The molecule has 9 heavy (non-hydrogen) atoms. The third kappa shape index (κ3) is 1.67. The van der Waals surface area contributed by atoms with E-state index < -0.39 is 0 Å². The molecule has 0 unspecified atom stereocenters. The maximum atomic E-state index is 9.86. The second-order valence-corrected chi connectivity index (χ2v) is 1.82. The fourth-order valence-electron chi connectivity index (χ4n) is 0.730. The minimum atomic E-state index is -0.360. The second-order valence-electron chi connectivity index (χ2n) is 1.82. The Morgan fingerprint density at radius 2 is 2.67 bits per heavy atom. The molecule has 0 aromatic rings. The SMILES string of the molecule is O=[N+]([O-])CC1=[NH+]CCN1. The van der Waals surface area contributed by atoms with E-state index in [9.17, 15) is 10.1 Å². The summed E-state index contributed by atoms with van der Waals surface area (Å²) in [5.41, 5.74) is 0. The molecule has 0 saturated heterocycles. The Bertz CT molecular complexity index is 154. The monoisotopic (exact) mass is 130 g/mol. The average Bonchev–Trinajstić information content (AvgIpc) is 2.15. The Balaban J connectivity index is 2.35. The molecule has 0 radical (unpaired) electrons. The molecule has 0 aliphatic carbocycles. The van der Waals surface area contributed by atoms with E-state index in [-0.39, 0.29) is 11.5 Å². The van der Waals surface area contributed by atoms with Crippen molar-refractivity contribution in [3.05, 3.63) is 10.1 Å². The van der Waals surface area contributed by atoms with E-state index in [1.54, 1.807) is 0 Å². The number of nitrogens with one attached hydrogen (secondary N) is 2. The maximum absolute atomic E-state index is 9.86. The van der Waals surface area contributed by atoms with E-state index in [1.807, 2.05) is 0 Å². The van der Waals surface area contributed by atoms with Gasteiger partial charge in [0, 0.05) is 4.92 Å². The number of hydrogen-bond donors (Lipinski definition) is 2. The first-order chi connectivity index (χ1) is 4.29. The summed E-state index contributed by atoms with van der Waals surface area (Å²) >= 11 is 0. The third-order valence-electron chi connectivity index (χ3n) is 1.09. The quantitative estimate of drug-likeness (QED) is 0.317. The number of rotatable bonds is 2. The van der Waals surface area contributed by atoms with Gasteiger partial charge in [-0.25, -0.2) is 0 Å². The minimum Gasteiger partial charge on any atom is -0.269 e. The summed E-state index contributed by atoms with van der Waals surface area (Å²) in [5.74, 6) is 0.625. The van der Waals surface area contributed by atoms with Gasteiger partial charge >= 0.3 is 12.4 Å². The zero-order valence-electron chi connectivity index (χ0n) is 4.89. The Morgan fingerprint density at radius 3 is 3.11 bits per heavy atom. The minimum absolute atomic E-state index is 0.111. The lowest BCUT2D eigenvalue weighted by Gasteiger charge is -1.85. The Hall–Kier alpha value is -1.13. The van der Waals surface area contributed by atoms with E-state index in [1.165, 1.54) is 0 Å². The summed E-state index contributed by atoms with van der Waals surface area (Å²) < 4.78 is 0. The van der Waals surface area contributed by atoms with Gasteiger partial charge in [-0.3, -0.25) is 20.4 Å². The molecular formula is C4H8N3O2+. The van der Waals surface area contributed by atoms with Crippen LogP contribution in [0.15, 0.2) is 0 Å². The summed E-state index contributed by atoms with van der Waals surface area (Å²) in [6, 6.07) is 0. The van der Waals surface area contributed by atoms with Crippen LogP contribution >= 0.6 is 0 Å². The van der Waals surface area contributed by atoms with Crippen LogP contribution in [0.5, 0.6) is 0 Å². The van der Waals surface area contributed by atoms with E-state index >= 15 is 0 Å².